The molecule has 0 saturated heterocycles. The van der Waals surface area contributed by atoms with Crippen LogP contribution in [-0.4, -0.2) is 5.91 Å². The van der Waals surface area contributed by atoms with Gasteiger partial charge in [0.1, 0.15) is 0 Å². The third-order valence-corrected chi connectivity index (χ3v) is 2.19. The number of hydrogen-bond donors (Lipinski definition) is 1. The lowest BCUT2D eigenvalue weighted by atomic mass is 10.4. The van der Waals surface area contributed by atoms with Gasteiger partial charge in [0.05, 0.1) is 9.75 Å². The number of hydrogen-bond acceptors (Lipinski definition) is 2. The fourth-order valence-corrected chi connectivity index (χ4v) is 1.32. The zero-order chi connectivity index (χ0) is 8.43. The maximum atomic E-state index is 11.9. The van der Waals surface area contributed by atoms with E-state index >= 15 is 0 Å². The second-order valence-corrected chi connectivity index (χ2v) is 2.98. The highest BCUT2D eigenvalue weighted by atomic mass is 32.1. The van der Waals surface area contributed by atoms with Crippen LogP contribution < -0.4 is 5.73 Å². The van der Waals surface area contributed by atoms with E-state index < -0.39 is 12.3 Å². The van der Waals surface area contributed by atoms with Crippen LogP contribution in [0.4, 0.5) is 8.78 Å². The first-order valence-electron chi connectivity index (χ1n) is 2.79. The Bertz CT molecular complexity index is 271. The van der Waals surface area contributed by atoms with E-state index in [2.05, 4.69) is 0 Å². The lowest BCUT2D eigenvalue weighted by molar-refractivity contribution is 0.100. The van der Waals surface area contributed by atoms with E-state index in [4.69, 9.17) is 5.73 Å². The summed E-state index contributed by atoms with van der Waals surface area (Å²) in [6.45, 7) is 0. The van der Waals surface area contributed by atoms with E-state index in [1.165, 1.54) is 12.1 Å². The highest BCUT2D eigenvalue weighted by molar-refractivity contribution is 7.14. The second kappa shape index (κ2) is 2.96. The first kappa shape index (κ1) is 8.13. The van der Waals surface area contributed by atoms with Gasteiger partial charge in [0.15, 0.2) is 0 Å². The van der Waals surface area contributed by atoms with Gasteiger partial charge in [-0.2, -0.15) is 0 Å². The van der Waals surface area contributed by atoms with Gasteiger partial charge in [-0.15, -0.1) is 11.3 Å². The van der Waals surface area contributed by atoms with Crippen LogP contribution in [0, 0.1) is 0 Å². The summed E-state index contributed by atoms with van der Waals surface area (Å²) in [5.41, 5.74) is 4.85. The number of primary amides is 1. The fraction of sp³-hybridized carbons (Fsp3) is 0.167. The Labute approximate surface area is 65.6 Å². The number of halogens is 2. The number of carbonyl (C=O) groups excluding carboxylic acids is 1. The van der Waals surface area contributed by atoms with Crippen LogP contribution in [0.15, 0.2) is 12.1 Å². The predicted octanol–water partition coefficient (Wildman–Crippen LogP) is 1.78. The van der Waals surface area contributed by atoms with E-state index in [9.17, 15) is 13.6 Å². The van der Waals surface area contributed by atoms with Crippen molar-refractivity contribution in [2.24, 2.45) is 5.73 Å². The Morgan fingerprint density at radius 1 is 1.55 bits per heavy atom. The number of rotatable bonds is 2. The molecule has 1 aromatic heterocycles. The number of nitrogens with two attached hydrogens (primary N) is 1. The van der Waals surface area contributed by atoms with Crippen molar-refractivity contribution >= 4 is 17.2 Å². The van der Waals surface area contributed by atoms with Crippen LogP contribution >= 0.6 is 11.3 Å². The summed E-state index contributed by atoms with van der Waals surface area (Å²) in [6.07, 6.45) is -2.52. The number of alkyl halides is 2. The maximum Gasteiger partial charge on any atom is 0.272 e. The molecule has 1 heterocycles. The van der Waals surface area contributed by atoms with E-state index in [1.54, 1.807) is 0 Å². The molecule has 5 heteroatoms. The molecule has 0 aliphatic rings. The summed E-state index contributed by atoms with van der Waals surface area (Å²) in [7, 11) is 0. The third-order valence-electron chi connectivity index (χ3n) is 1.08. The van der Waals surface area contributed by atoms with Crippen molar-refractivity contribution < 1.29 is 13.6 Å². The highest BCUT2D eigenvalue weighted by Crippen LogP contribution is 2.26. The van der Waals surface area contributed by atoms with Crippen molar-refractivity contribution in [3.63, 3.8) is 0 Å². The Balaban J connectivity index is 2.90. The standard InChI is InChI=1S/C6H5F2NOS/c7-5(8)3-1-2-4(11-3)6(9)10/h1-2,5H,(H2,9,10). The van der Waals surface area contributed by atoms with Crippen LogP contribution in [0.2, 0.25) is 0 Å². The molecule has 1 aromatic rings. The molecule has 0 bridgehead atoms. The van der Waals surface area contributed by atoms with Crippen LogP contribution in [0.3, 0.4) is 0 Å². The quantitative estimate of drug-likeness (QED) is 0.735. The molecular formula is C6H5F2NOS. The molecule has 0 aliphatic carbocycles. The van der Waals surface area contributed by atoms with Crippen molar-refractivity contribution in [2.75, 3.05) is 0 Å². The second-order valence-electron chi connectivity index (χ2n) is 1.87. The molecule has 0 saturated carbocycles. The van der Waals surface area contributed by atoms with Crippen molar-refractivity contribution in [1.29, 1.82) is 0 Å². The van der Waals surface area contributed by atoms with Gasteiger partial charge in [0.25, 0.3) is 12.3 Å². The minimum absolute atomic E-state index is 0.126. The van der Waals surface area contributed by atoms with Gasteiger partial charge in [-0.25, -0.2) is 8.78 Å². The number of amides is 1. The summed E-state index contributed by atoms with van der Waals surface area (Å²) in [5.74, 6) is -0.665. The van der Waals surface area contributed by atoms with Crippen molar-refractivity contribution in [2.45, 2.75) is 6.43 Å². The topological polar surface area (TPSA) is 43.1 Å². The summed E-state index contributed by atoms with van der Waals surface area (Å²) < 4.78 is 23.8. The molecule has 2 nitrogen and oxygen atoms in total. The molecule has 0 radical (unpaired) electrons. The average Bonchev–Trinajstić information content (AvgIpc) is 2.33. The SMILES string of the molecule is NC(=O)c1ccc(C(F)F)s1. The van der Waals surface area contributed by atoms with Gasteiger partial charge in [-0.1, -0.05) is 0 Å². The third kappa shape index (κ3) is 1.74. The molecule has 0 spiro atoms. The smallest absolute Gasteiger partial charge is 0.272 e. The molecule has 1 rings (SSSR count). The molecule has 0 fully saturated rings. The van der Waals surface area contributed by atoms with Gasteiger partial charge in [0.2, 0.25) is 0 Å². The minimum atomic E-state index is -2.52. The zero-order valence-electron chi connectivity index (χ0n) is 5.38. The van der Waals surface area contributed by atoms with Gasteiger partial charge in [0, 0.05) is 0 Å². The van der Waals surface area contributed by atoms with Crippen molar-refractivity contribution in [3.05, 3.63) is 21.9 Å². The van der Waals surface area contributed by atoms with Crippen LogP contribution in [0.5, 0.6) is 0 Å². The summed E-state index contributed by atoms with van der Waals surface area (Å²) in [6, 6.07) is 2.50. The van der Waals surface area contributed by atoms with Crippen LogP contribution in [0.25, 0.3) is 0 Å². The number of carbonyl (C=O) groups is 1. The Hall–Kier alpha value is -0.970. The van der Waals surface area contributed by atoms with E-state index in [1.807, 2.05) is 0 Å². The molecule has 2 N–H and O–H groups in total. The number of thiophene rings is 1. The first-order chi connectivity index (χ1) is 5.11. The Kier molecular flexibility index (Phi) is 2.19. The maximum absolute atomic E-state index is 11.9. The summed E-state index contributed by atoms with van der Waals surface area (Å²) in [4.78, 5) is 10.5. The lowest BCUT2D eigenvalue weighted by Crippen LogP contribution is -2.08. The molecule has 60 valence electrons. The molecule has 0 aromatic carbocycles. The molecule has 1 amide bonds. The van der Waals surface area contributed by atoms with E-state index in [0.717, 1.165) is 11.3 Å². The zero-order valence-corrected chi connectivity index (χ0v) is 6.20. The van der Waals surface area contributed by atoms with Crippen molar-refractivity contribution in [1.82, 2.24) is 0 Å². The molecule has 0 unspecified atom stereocenters. The van der Waals surface area contributed by atoms with E-state index in [-0.39, 0.29) is 9.75 Å². The Morgan fingerprint density at radius 3 is 2.45 bits per heavy atom. The van der Waals surface area contributed by atoms with Gasteiger partial charge >= 0.3 is 0 Å². The van der Waals surface area contributed by atoms with E-state index in [0.29, 0.717) is 0 Å². The fourth-order valence-electron chi connectivity index (χ4n) is 0.603. The van der Waals surface area contributed by atoms with Crippen molar-refractivity contribution in [3.8, 4) is 0 Å². The first-order valence-corrected chi connectivity index (χ1v) is 3.60. The summed E-state index contributed by atoms with van der Waals surface area (Å²) >= 11 is 0.725. The largest absolute Gasteiger partial charge is 0.365 e. The van der Waals surface area contributed by atoms with Gasteiger partial charge in [-0.05, 0) is 12.1 Å². The lowest BCUT2D eigenvalue weighted by Gasteiger charge is -1.89. The Morgan fingerprint density at radius 2 is 2.18 bits per heavy atom. The van der Waals surface area contributed by atoms with Crippen LogP contribution in [-0.2, 0) is 0 Å². The molecule has 11 heavy (non-hydrogen) atoms. The summed E-state index contributed by atoms with van der Waals surface area (Å²) in [5, 5.41) is 0. The van der Waals surface area contributed by atoms with Crippen LogP contribution in [0.1, 0.15) is 21.0 Å². The van der Waals surface area contributed by atoms with Gasteiger partial charge < -0.3 is 5.73 Å². The van der Waals surface area contributed by atoms with Gasteiger partial charge in [-0.3, -0.25) is 4.79 Å². The highest BCUT2D eigenvalue weighted by Gasteiger charge is 2.11. The molecule has 0 atom stereocenters. The molecular weight excluding hydrogens is 172 g/mol. The minimum Gasteiger partial charge on any atom is -0.365 e. The predicted molar refractivity (Wildman–Crippen MR) is 37.8 cm³/mol. The monoisotopic (exact) mass is 177 g/mol. The molecule has 0 aliphatic heterocycles. The average molecular weight is 177 g/mol. The normalized spacial score (nSPS) is 10.5.